The van der Waals surface area contributed by atoms with Gasteiger partial charge in [-0.15, -0.1) is 24.0 Å². The Morgan fingerprint density at radius 2 is 1.61 bits per heavy atom. The maximum atomic E-state index is 11.8. The number of aliphatic imine (C=N–C) groups is 1. The molecule has 7 nitrogen and oxygen atoms in total. The lowest BCUT2D eigenvalue weighted by Gasteiger charge is -2.13. The van der Waals surface area contributed by atoms with E-state index in [-0.39, 0.29) is 35.8 Å². The molecule has 0 spiro atoms. The number of carbonyl (C=O) groups excluding carboxylic acids is 1. The van der Waals surface area contributed by atoms with Crippen molar-refractivity contribution in [3.05, 3.63) is 53.6 Å². The van der Waals surface area contributed by atoms with Gasteiger partial charge in [0.15, 0.2) is 17.5 Å². The van der Waals surface area contributed by atoms with Crippen LogP contribution < -0.4 is 25.4 Å². The van der Waals surface area contributed by atoms with E-state index in [2.05, 4.69) is 20.9 Å². The molecule has 8 heteroatoms. The summed E-state index contributed by atoms with van der Waals surface area (Å²) in [6, 6.07) is 13.7. The molecule has 0 radical (unpaired) electrons. The second-order valence-electron chi connectivity index (χ2n) is 7.13. The maximum absolute atomic E-state index is 11.8. The number of ether oxygens (including phenoxy) is 2. The van der Waals surface area contributed by atoms with Crippen LogP contribution in [0.1, 0.15) is 25.0 Å². The number of hydrogen-bond donors (Lipinski definition) is 3. The summed E-state index contributed by atoms with van der Waals surface area (Å²) < 4.78 is 10.6. The summed E-state index contributed by atoms with van der Waals surface area (Å²) in [4.78, 5) is 16.0. The van der Waals surface area contributed by atoms with Gasteiger partial charge in [-0.1, -0.05) is 32.0 Å². The summed E-state index contributed by atoms with van der Waals surface area (Å²) in [5, 5.41) is 9.50. The van der Waals surface area contributed by atoms with E-state index < -0.39 is 0 Å². The zero-order valence-electron chi connectivity index (χ0n) is 18.8. The smallest absolute Gasteiger partial charge is 0.226 e. The third-order valence-corrected chi connectivity index (χ3v) is 4.58. The van der Waals surface area contributed by atoms with E-state index in [0.29, 0.717) is 6.54 Å². The Hall–Kier alpha value is -2.49. The largest absolute Gasteiger partial charge is 0.493 e. The standard InChI is InChI=1S/C23H32N4O3.HI/c1-16(2)22(28)27-19-9-6-18(7-10-19)15-26-23(24-3)25-13-12-17-8-11-20(29-4)21(14-17)30-5;/h6-11,14,16H,12-13,15H2,1-5H3,(H,27,28)(H2,24,25,26);1H. The number of nitrogens with zero attached hydrogens (tertiary/aromatic N) is 1. The van der Waals surface area contributed by atoms with Crippen LogP contribution >= 0.6 is 24.0 Å². The van der Waals surface area contributed by atoms with E-state index in [0.717, 1.165) is 47.2 Å². The Labute approximate surface area is 202 Å². The van der Waals surface area contributed by atoms with Crippen LogP contribution in [0.5, 0.6) is 11.5 Å². The molecule has 0 aliphatic heterocycles. The maximum Gasteiger partial charge on any atom is 0.226 e. The monoisotopic (exact) mass is 540 g/mol. The third kappa shape index (κ3) is 8.64. The Kier molecular flexibility index (Phi) is 11.8. The van der Waals surface area contributed by atoms with Crippen LogP contribution in [0.25, 0.3) is 0 Å². The normalized spacial score (nSPS) is 10.8. The number of benzene rings is 2. The van der Waals surface area contributed by atoms with Crippen molar-refractivity contribution in [2.45, 2.75) is 26.8 Å². The number of nitrogens with one attached hydrogen (secondary N) is 3. The first-order chi connectivity index (χ1) is 14.5. The minimum absolute atomic E-state index is 0. The predicted molar refractivity (Wildman–Crippen MR) is 137 cm³/mol. The fraction of sp³-hybridized carbons (Fsp3) is 0.391. The third-order valence-electron chi connectivity index (χ3n) is 4.58. The highest BCUT2D eigenvalue weighted by atomic mass is 127. The molecule has 0 unspecified atom stereocenters. The number of rotatable bonds is 9. The minimum Gasteiger partial charge on any atom is -0.493 e. The van der Waals surface area contributed by atoms with Crippen molar-refractivity contribution in [2.75, 3.05) is 33.1 Å². The Morgan fingerprint density at radius 3 is 2.19 bits per heavy atom. The van der Waals surface area contributed by atoms with Crippen LogP contribution in [0.4, 0.5) is 5.69 Å². The van der Waals surface area contributed by atoms with E-state index in [1.807, 2.05) is 56.3 Å². The Balaban J connectivity index is 0.00000480. The lowest BCUT2D eigenvalue weighted by molar-refractivity contribution is -0.118. The van der Waals surface area contributed by atoms with Gasteiger partial charge >= 0.3 is 0 Å². The molecule has 170 valence electrons. The van der Waals surface area contributed by atoms with Crippen LogP contribution in [-0.4, -0.2) is 39.7 Å². The average Bonchev–Trinajstić information content (AvgIpc) is 2.76. The SMILES string of the molecule is CN=C(NCCc1ccc(OC)c(OC)c1)NCc1ccc(NC(=O)C(C)C)cc1.I. The number of methoxy groups -OCH3 is 2. The highest BCUT2D eigenvalue weighted by Crippen LogP contribution is 2.27. The molecule has 3 N–H and O–H groups in total. The molecule has 0 aliphatic rings. The number of amides is 1. The topological polar surface area (TPSA) is 84.0 Å². The van der Waals surface area contributed by atoms with Gasteiger partial charge in [-0.25, -0.2) is 0 Å². The van der Waals surface area contributed by atoms with Gasteiger partial charge in [0.05, 0.1) is 14.2 Å². The fourth-order valence-corrected chi connectivity index (χ4v) is 2.76. The summed E-state index contributed by atoms with van der Waals surface area (Å²) >= 11 is 0. The number of anilines is 1. The molecule has 0 saturated carbocycles. The summed E-state index contributed by atoms with van der Waals surface area (Å²) in [7, 11) is 5.01. The summed E-state index contributed by atoms with van der Waals surface area (Å²) in [6.07, 6.45) is 0.825. The second-order valence-corrected chi connectivity index (χ2v) is 7.13. The lowest BCUT2D eigenvalue weighted by atomic mass is 10.1. The van der Waals surface area contributed by atoms with Gasteiger partial charge in [0.1, 0.15) is 0 Å². The zero-order valence-corrected chi connectivity index (χ0v) is 21.2. The molecule has 2 aromatic carbocycles. The van der Waals surface area contributed by atoms with Crippen LogP contribution in [0.2, 0.25) is 0 Å². The molecule has 0 saturated heterocycles. The molecular formula is C23H33IN4O3. The van der Waals surface area contributed by atoms with Gasteiger partial charge < -0.3 is 25.4 Å². The fourth-order valence-electron chi connectivity index (χ4n) is 2.76. The zero-order chi connectivity index (χ0) is 21.9. The van der Waals surface area contributed by atoms with Crippen molar-refractivity contribution in [3.8, 4) is 11.5 Å². The van der Waals surface area contributed by atoms with E-state index in [1.54, 1.807) is 21.3 Å². The van der Waals surface area contributed by atoms with Crippen LogP contribution in [0, 0.1) is 5.92 Å². The van der Waals surface area contributed by atoms with E-state index in [1.165, 1.54) is 0 Å². The number of halogens is 1. The molecule has 0 atom stereocenters. The van der Waals surface area contributed by atoms with Gasteiger partial charge in [0.2, 0.25) is 5.91 Å². The molecule has 0 fully saturated rings. The van der Waals surface area contributed by atoms with E-state index in [4.69, 9.17) is 9.47 Å². The quantitative estimate of drug-likeness (QED) is 0.256. The molecule has 0 heterocycles. The average molecular weight is 540 g/mol. The first kappa shape index (κ1) is 26.5. The second kappa shape index (κ2) is 13.7. The summed E-state index contributed by atoms with van der Waals surface area (Å²) in [6.45, 7) is 5.11. The van der Waals surface area contributed by atoms with Crippen molar-refractivity contribution in [3.63, 3.8) is 0 Å². The molecule has 0 aliphatic carbocycles. The van der Waals surface area contributed by atoms with Crippen molar-refractivity contribution in [1.82, 2.24) is 10.6 Å². The summed E-state index contributed by atoms with van der Waals surface area (Å²) in [5.41, 5.74) is 3.05. The molecular weight excluding hydrogens is 507 g/mol. The molecule has 0 bridgehead atoms. The van der Waals surface area contributed by atoms with Crippen molar-refractivity contribution < 1.29 is 14.3 Å². The summed E-state index contributed by atoms with van der Waals surface area (Å²) in [5.74, 6) is 2.15. The lowest BCUT2D eigenvalue weighted by Crippen LogP contribution is -2.37. The van der Waals surface area contributed by atoms with E-state index in [9.17, 15) is 4.79 Å². The molecule has 31 heavy (non-hydrogen) atoms. The van der Waals surface area contributed by atoms with E-state index >= 15 is 0 Å². The van der Waals surface area contributed by atoms with Crippen molar-refractivity contribution in [2.24, 2.45) is 10.9 Å². The van der Waals surface area contributed by atoms with Crippen LogP contribution in [-0.2, 0) is 17.8 Å². The van der Waals surface area contributed by atoms with Gasteiger partial charge in [-0.3, -0.25) is 9.79 Å². The first-order valence-electron chi connectivity index (χ1n) is 10.0. The Morgan fingerprint density at radius 1 is 0.968 bits per heavy atom. The minimum atomic E-state index is -0.0419. The molecule has 1 amide bonds. The predicted octanol–water partition coefficient (Wildman–Crippen LogP) is 3.82. The molecule has 0 aromatic heterocycles. The molecule has 2 rings (SSSR count). The number of hydrogen-bond acceptors (Lipinski definition) is 4. The van der Waals surface area contributed by atoms with Gasteiger partial charge in [-0.2, -0.15) is 0 Å². The Bertz CT molecular complexity index is 854. The van der Waals surface area contributed by atoms with Gasteiger partial charge in [0, 0.05) is 31.7 Å². The first-order valence-corrected chi connectivity index (χ1v) is 10.0. The van der Waals surface area contributed by atoms with Crippen LogP contribution in [0.3, 0.4) is 0 Å². The number of guanidine groups is 1. The van der Waals surface area contributed by atoms with Crippen LogP contribution in [0.15, 0.2) is 47.5 Å². The number of carbonyl (C=O) groups is 1. The van der Waals surface area contributed by atoms with Crippen molar-refractivity contribution in [1.29, 1.82) is 0 Å². The van der Waals surface area contributed by atoms with Gasteiger partial charge in [-0.05, 0) is 41.8 Å². The highest BCUT2D eigenvalue weighted by molar-refractivity contribution is 14.0. The highest BCUT2D eigenvalue weighted by Gasteiger charge is 2.07. The molecule has 2 aromatic rings. The van der Waals surface area contributed by atoms with Crippen molar-refractivity contribution >= 4 is 41.5 Å². The van der Waals surface area contributed by atoms with Gasteiger partial charge in [0.25, 0.3) is 0 Å².